The summed E-state index contributed by atoms with van der Waals surface area (Å²) < 4.78 is 1.74. The smallest absolute Gasteiger partial charge is 0.232 e. The van der Waals surface area contributed by atoms with Crippen LogP contribution in [0.5, 0.6) is 0 Å². The predicted molar refractivity (Wildman–Crippen MR) is 140 cm³/mol. The van der Waals surface area contributed by atoms with Crippen molar-refractivity contribution in [2.24, 2.45) is 0 Å². The van der Waals surface area contributed by atoms with Gasteiger partial charge in [-0.15, -0.1) is 12.4 Å². The highest BCUT2D eigenvalue weighted by Crippen LogP contribution is 2.12. The maximum absolute atomic E-state index is 12.4. The highest BCUT2D eigenvalue weighted by molar-refractivity contribution is 5.91. The molecule has 4 aromatic rings. The number of amides is 1. The van der Waals surface area contributed by atoms with Crippen LogP contribution in [0.15, 0.2) is 91.3 Å². The number of benzene rings is 3. The number of nitrogens with zero attached hydrogens (tertiary/aromatic N) is 3. The van der Waals surface area contributed by atoms with E-state index in [-0.39, 0.29) is 24.7 Å². The lowest BCUT2D eigenvalue weighted by Gasteiger charge is -2.12. The summed E-state index contributed by atoms with van der Waals surface area (Å²) in [5.41, 5.74) is 3.94. The summed E-state index contributed by atoms with van der Waals surface area (Å²) in [6, 6.07) is 27.4. The van der Waals surface area contributed by atoms with E-state index in [0.717, 1.165) is 35.3 Å². The van der Waals surface area contributed by atoms with E-state index in [0.29, 0.717) is 18.9 Å². The molecule has 3 N–H and O–H groups in total. The summed E-state index contributed by atoms with van der Waals surface area (Å²) in [5, 5.41) is 20.8. The third kappa shape index (κ3) is 8.33. The molecule has 182 valence electrons. The number of aromatic nitrogens is 3. The first-order valence-electron chi connectivity index (χ1n) is 11.4. The van der Waals surface area contributed by atoms with Gasteiger partial charge in [-0.3, -0.25) is 4.79 Å². The molecular formula is C27H30ClN5O2. The van der Waals surface area contributed by atoms with Gasteiger partial charge in [0, 0.05) is 12.2 Å². The largest absolute Gasteiger partial charge is 0.387 e. The van der Waals surface area contributed by atoms with E-state index in [1.807, 2.05) is 84.9 Å². The van der Waals surface area contributed by atoms with Crippen LogP contribution in [0.3, 0.4) is 0 Å². The van der Waals surface area contributed by atoms with Crippen molar-refractivity contribution in [2.45, 2.75) is 25.5 Å². The standard InChI is InChI=1S/C27H29N5O2.ClH/c33-25(23-9-5-2-6-10-23)18-28-16-15-21-11-13-24(14-12-21)30-27(34)17-26-29-20-32(31-26)19-22-7-3-1-4-8-22;/h1-14,20,25,28,33H,15-19H2,(H,30,34);1H. The molecule has 1 unspecified atom stereocenters. The summed E-state index contributed by atoms with van der Waals surface area (Å²) in [4.78, 5) is 16.6. The number of hydrogen-bond acceptors (Lipinski definition) is 5. The maximum Gasteiger partial charge on any atom is 0.232 e. The van der Waals surface area contributed by atoms with Gasteiger partial charge < -0.3 is 15.7 Å². The molecule has 0 aliphatic carbocycles. The zero-order valence-corrected chi connectivity index (χ0v) is 20.2. The lowest BCUT2D eigenvalue weighted by atomic mass is 10.1. The van der Waals surface area contributed by atoms with Crippen molar-refractivity contribution in [2.75, 3.05) is 18.4 Å². The normalized spacial score (nSPS) is 11.5. The highest BCUT2D eigenvalue weighted by atomic mass is 35.5. The number of hydrogen-bond donors (Lipinski definition) is 3. The first kappa shape index (κ1) is 26.1. The fourth-order valence-electron chi connectivity index (χ4n) is 3.63. The van der Waals surface area contributed by atoms with Crippen LogP contribution in [0.4, 0.5) is 5.69 Å². The van der Waals surface area contributed by atoms with Crippen LogP contribution in [0.1, 0.15) is 28.6 Å². The van der Waals surface area contributed by atoms with Gasteiger partial charge in [-0.2, -0.15) is 5.10 Å². The fourth-order valence-corrected chi connectivity index (χ4v) is 3.63. The first-order valence-corrected chi connectivity index (χ1v) is 11.4. The van der Waals surface area contributed by atoms with E-state index in [2.05, 4.69) is 20.7 Å². The Morgan fingerprint density at radius 3 is 2.31 bits per heavy atom. The molecule has 1 aromatic heterocycles. The third-order valence-electron chi connectivity index (χ3n) is 5.44. The molecule has 0 aliphatic rings. The van der Waals surface area contributed by atoms with Crippen LogP contribution in [-0.2, 0) is 24.2 Å². The molecule has 1 heterocycles. The fraction of sp³-hybridized carbons (Fsp3) is 0.222. The minimum Gasteiger partial charge on any atom is -0.387 e. The molecule has 0 fully saturated rings. The van der Waals surface area contributed by atoms with Crippen molar-refractivity contribution in [3.63, 3.8) is 0 Å². The Balaban J connectivity index is 0.00000342. The van der Waals surface area contributed by atoms with Crippen molar-refractivity contribution >= 4 is 24.0 Å². The number of nitrogens with one attached hydrogen (secondary N) is 2. The molecule has 0 saturated heterocycles. The van der Waals surface area contributed by atoms with E-state index >= 15 is 0 Å². The topological polar surface area (TPSA) is 92.1 Å². The second-order valence-electron chi connectivity index (χ2n) is 8.15. The van der Waals surface area contributed by atoms with Gasteiger partial charge in [-0.25, -0.2) is 9.67 Å². The van der Waals surface area contributed by atoms with Gasteiger partial charge in [0.15, 0.2) is 5.82 Å². The quantitative estimate of drug-likeness (QED) is 0.278. The number of carbonyl (C=O) groups excluding carboxylic acids is 1. The van der Waals surface area contributed by atoms with Crippen molar-refractivity contribution in [3.8, 4) is 0 Å². The zero-order chi connectivity index (χ0) is 23.6. The summed E-state index contributed by atoms with van der Waals surface area (Å²) in [6.07, 6.45) is 2.09. The van der Waals surface area contributed by atoms with E-state index in [1.165, 1.54) is 0 Å². The van der Waals surface area contributed by atoms with Crippen LogP contribution in [-0.4, -0.2) is 38.9 Å². The van der Waals surface area contributed by atoms with Gasteiger partial charge in [-0.05, 0) is 41.8 Å². The molecule has 0 spiro atoms. The Morgan fingerprint density at radius 1 is 0.914 bits per heavy atom. The molecule has 35 heavy (non-hydrogen) atoms. The second-order valence-corrected chi connectivity index (χ2v) is 8.15. The van der Waals surface area contributed by atoms with Gasteiger partial charge in [0.1, 0.15) is 6.33 Å². The Kier molecular flexibility index (Phi) is 9.98. The number of aliphatic hydroxyl groups is 1. The monoisotopic (exact) mass is 491 g/mol. The van der Waals surface area contributed by atoms with E-state index in [4.69, 9.17) is 0 Å². The summed E-state index contributed by atoms with van der Waals surface area (Å²) in [5.74, 6) is 0.343. The van der Waals surface area contributed by atoms with Crippen LogP contribution in [0.25, 0.3) is 0 Å². The number of aliphatic hydroxyl groups excluding tert-OH is 1. The molecule has 0 saturated carbocycles. The van der Waals surface area contributed by atoms with E-state index < -0.39 is 6.10 Å². The lowest BCUT2D eigenvalue weighted by molar-refractivity contribution is -0.115. The van der Waals surface area contributed by atoms with E-state index in [1.54, 1.807) is 11.0 Å². The molecule has 0 radical (unpaired) electrons. The number of anilines is 1. The Morgan fingerprint density at radius 2 is 1.60 bits per heavy atom. The highest BCUT2D eigenvalue weighted by Gasteiger charge is 2.09. The maximum atomic E-state index is 12.4. The lowest BCUT2D eigenvalue weighted by Crippen LogP contribution is -2.23. The van der Waals surface area contributed by atoms with Gasteiger partial charge in [0.25, 0.3) is 0 Å². The van der Waals surface area contributed by atoms with Crippen LogP contribution >= 0.6 is 12.4 Å². The molecule has 1 amide bonds. The third-order valence-corrected chi connectivity index (χ3v) is 5.44. The molecule has 4 rings (SSSR count). The summed E-state index contributed by atoms with van der Waals surface area (Å²) >= 11 is 0. The van der Waals surface area contributed by atoms with Gasteiger partial charge in [-0.1, -0.05) is 72.8 Å². The van der Waals surface area contributed by atoms with Crippen LogP contribution in [0.2, 0.25) is 0 Å². The average Bonchev–Trinajstić information content (AvgIpc) is 3.30. The first-order chi connectivity index (χ1) is 16.7. The van der Waals surface area contributed by atoms with Crippen molar-refractivity contribution in [1.29, 1.82) is 0 Å². The molecule has 3 aromatic carbocycles. The van der Waals surface area contributed by atoms with Gasteiger partial charge >= 0.3 is 0 Å². The molecular weight excluding hydrogens is 462 g/mol. The minimum absolute atomic E-state index is 0. The SMILES string of the molecule is Cl.O=C(Cc1ncn(Cc2ccccc2)n1)Nc1ccc(CCNCC(O)c2ccccc2)cc1. The summed E-state index contributed by atoms with van der Waals surface area (Å²) in [6.45, 7) is 1.89. The molecule has 0 bridgehead atoms. The Hall–Kier alpha value is -3.52. The molecule has 7 nitrogen and oxygen atoms in total. The molecule has 0 aliphatic heterocycles. The zero-order valence-electron chi connectivity index (χ0n) is 19.4. The number of rotatable bonds is 11. The predicted octanol–water partition coefficient (Wildman–Crippen LogP) is 3.80. The van der Waals surface area contributed by atoms with Crippen LogP contribution < -0.4 is 10.6 Å². The van der Waals surface area contributed by atoms with Gasteiger partial charge in [0.05, 0.1) is 19.1 Å². The molecule has 8 heteroatoms. The average molecular weight is 492 g/mol. The molecule has 1 atom stereocenters. The second kappa shape index (κ2) is 13.4. The van der Waals surface area contributed by atoms with E-state index in [9.17, 15) is 9.90 Å². The summed E-state index contributed by atoms with van der Waals surface area (Å²) in [7, 11) is 0. The Labute approximate surface area is 211 Å². The van der Waals surface area contributed by atoms with Crippen LogP contribution in [0, 0.1) is 0 Å². The van der Waals surface area contributed by atoms with Crippen molar-refractivity contribution < 1.29 is 9.90 Å². The minimum atomic E-state index is -0.516. The number of halogens is 1. The van der Waals surface area contributed by atoms with Crippen molar-refractivity contribution in [1.82, 2.24) is 20.1 Å². The Bertz CT molecular complexity index is 1170. The van der Waals surface area contributed by atoms with Crippen molar-refractivity contribution in [3.05, 3.63) is 114 Å². The van der Waals surface area contributed by atoms with Gasteiger partial charge in [0.2, 0.25) is 5.91 Å². The number of carbonyl (C=O) groups is 1.